The summed E-state index contributed by atoms with van der Waals surface area (Å²) in [5.41, 5.74) is 3.88. The number of hydrogen-bond acceptors (Lipinski definition) is 6. The van der Waals surface area contributed by atoms with E-state index in [1.807, 2.05) is 45.9 Å². The Hall–Kier alpha value is -2.75. The number of benzene rings is 2. The fourth-order valence-corrected chi connectivity index (χ4v) is 3.64. The zero-order valence-corrected chi connectivity index (χ0v) is 20.1. The molecule has 1 N–H and O–H groups in total. The monoisotopic (exact) mass is 536 g/mol. The molecule has 0 atom stereocenters. The Balaban J connectivity index is 1.73. The van der Waals surface area contributed by atoms with Gasteiger partial charge in [0.2, 0.25) is 0 Å². The number of fused-ring (bicyclic) bond motifs is 1. The molecule has 0 fully saturated rings. The van der Waals surface area contributed by atoms with Gasteiger partial charge in [-0.3, -0.25) is 4.79 Å². The van der Waals surface area contributed by atoms with Gasteiger partial charge in [0, 0.05) is 5.39 Å². The van der Waals surface area contributed by atoms with Crippen LogP contribution in [0.2, 0.25) is 0 Å². The van der Waals surface area contributed by atoms with Gasteiger partial charge >= 0.3 is 5.91 Å². The van der Waals surface area contributed by atoms with E-state index in [-0.39, 0.29) is 11.9 Å². The number of carbonyl (C=O) groups is 1. The Morgan fingerprint density at radius 1 is 1.16 bits per heavy atom. The fourth-order valence-electron chi connectivity index (χ4n) is 2.89. The van der Waals surface area contributed by atoms with Crippen molar-refractivity contribution in [3.63, 3.8) is 0 Å². The summed E-state index contributed by atoms with van der Waals surface area (Å²) in [6.45, 7) is 8.84. The topological polar surface area (TPSA) is 82.3 Å². The van der Waals surface area contributed by atoms with Crippen LogP contribution in [0, 0.1) is 3.57 Å². The van der Waals surface area contributed by atoms with Gasteiger partial charge < -0.3 is 18.6 Å². The first-order valence-electron chi connectivity index (χ1n) is 10.0. The summed E-state index contributed by atoms with van der Waals surface area (Å²) in [7, 11) is 0. The first-order valence-corrected chi connectivity index (χ1v) is 11.1. The van der Waals surface area contributed by atoms with Crippen LogP contribution in [0.3, 0.4) is 0 Å². The van der Waals surface area contributed by atoms with E-state index in [2.05, 4.69) is 33.1 Å². The minimum absolute atomic E-state index is 0.0277. The Kier molecular flexibility index (Phi) is 7.78. The van der Waals surface area contributed by atoms with Crippen molar-refractivity contribution in [2.45, 2.75) is 33.8 Å². The maximum Gasteiger partial charge on any atom is 0.307 e. The molecule has 0 unspecified atom stereocenters. The van der Waals surface area contributed by atoms with Crippen molar-refractivity contribution in [2.75, 3.05) is 13.2 Å². The molecule has 3 rings (SSSR count). The zero-order chi connectivity index (χ0) is 22.4. The van der Waals surface area contributed by atoms with Crippen molar-refractivity contribution < 1.29 is 23.4 Å². The first kappa shape index (κ1) is 22.9. The Morgan fingerprint density at radius 3 is 2.65 bits per heavy atom. The Labute approximate surface area is 194 Å². The summed E-state index contributed by atoms with van der Waals surface area (Å²) in [5, 5.41) is 4.85. The van der Waals surface area contributed by atoms with Gasteiger partial charge in [-0.1, -0.05) is 0 Å². The van der Waals surface area contributed by atoms with Crippen LogP contribution in [0.5, 0.6) is 17.2 Å². The van der Waals surface area contributed by atoms with Crippen LogP contribution < -0.4 is 19.6 Å². The third-order valence-corrected chi connectivity index (χ3v) is 4.89. The lowest BCUT2D eigenvalue weighted by atomic mass is 10.2. The zero-order valence-electron chi connectivity index (χ0n) is 17.9. The second-order valence-electron chi connectivity index (χ2n) is 6.87. The predicted octanol–water partition coefficient (Wildman–Crippen LogP) is 5.39. The second kappa shape index (κ2) is 10.5. The van der Waals surface area contributed by atoms with Gasteiger partial charge in [0.05, 0.1) is 29.1 Å². The van der Waals surface area contributed by atoms with E-state index in [4.69, 9.17) is 18.6 Å². The maximum atomic E-state index is 12.4. The summed E-state index contributed by atoms with van der Waals surface area (Å²) in [5.74, 6) is 1.80. The number of hydrogen-bond donors (Lipinski definition) is 1. The molecule has 0 aliphatic carbocycles. The smallest absolute Gasteiger partial charge is 0.307 e. The lowest BCUT2D eigenvalue weighted by Crippen LogP contribution is -2.16. The van der Waals surface area contributed by atoms with Crippen LogP contribution in [0.15, 0.2) is 45.9 Å². The van der Waals surface area contributed by atoms with Crippen LogP contribution in [-0.4, -0.2) is 31.4 Å². The van der Waals surface area contributed by atoms with Gasteiger partial charge in [-0.25, -0.2) is 5.43 Å². The van der Waals surface area contributed by atoms with Crippen LogP contribution in [0.1, 0.15) is 43.8 Å². The molecule has 31 heavy (non-hydrogen) atoms. The van der Waals surface area contributed by atoms with Crippen LogP contribution in [0.25, 0.3) is 11.0 Å². The number of furan rings is 1. The highest BCUT2D eigenvalue weighted by Gasteiger charge is 2.14. The van der Waals surface area contributed by atoms with E-state index in [1.54, 1.807) is 24.4 Å². The molecule has 0 spiro atoms. The van der Waals surface area contributed by atoms with Crippen molar-refractivity contribution in [1.82, 2.24) is 5.43 Å². The number of amides is 1. The number of carbonyl (C=O) groups excluding carboxylic acids is 1. The summed E-state index contributed by atoms with van der Waals surface area (Å²) in [6, 6.07) is 10.8. The van der Waals surface area contributed by atoms with Gasteiger partial charge in [-0.2, -0.15) is 5.10 Å². The molecule has 0 aliphatic rings. The third kappa shape index (κ3) is 5.90. The molecule has 2 aromatic carbocycles. The Morgan fingerprint density at radius 2 is 1.94 bits per heavy atom. The van der Waals surface area contributed by atoms with Crippen molar-refractivity contribution >= 4 is 45.7 Å². The summed E-state index contributed by atoms with van der Waals surface area (Å²) >= 11 is 2.20. The Bertz CT molecular complexity index is 1090. The molecule has 0 radical (unpaired) electrons. The van der Waals surface area contributed by atoms with Crippen LogP contribution in [0.4, 0.5) is 0 Å². The number of nitrogens with zero attached hydrogens (tertiary/aromatic N) is 1. The van der Waals surface area contributed by atoms with E-state index < -0.39 is 5.91 Å². The van der Waals surface area contributed by atoms with Crippen LogP contribution in [-0.2, 0) is 0 Å². The minimum Gasteiger partial charge on any atom is -0.494 e. The molecule has 1 aromatic heterocycles. The number of rotatable bonds is 9. The molecular weight excluding hydrogens is 511 g/mol. The molecule has 1 amide bonds. The van der Waals surface area contributed by atoms with Crippen molar-refractivity contribution in [2.24, 2.45) is 5.10 Å². The van der Waals surface area contributed by atoms with Crippen molar-refractivity contribution in [1.29, 1.82) is 0 Å². The maximum absolute atomic E-state index is 12.4. The number of ether oxygens (including phenoxy) is 3. The quantitative estimate of drug-likeness (QED) is 0.226. The molecule has 7 nitrogen and oxygen atoms in total. The van der Waals surface area contributed by atoms with Gasteiger partial charge in [0.1, 0.15) is 11.3 Å². The standard InChI is InChI=1S/C23H25IN2O5/c1-5-28-17-7-8-19-16(11-17)12-21(31-19)23(27)26-25-13-15-9-18(24)22(30-14(3)4)20(10-15)29-6-2/h7-14H,5-6H2,1-4H3,(H,26,27)/b25-13+. The van der Waals surface area contributed by atoms with Crippen molar-refractivity contribution in [3.8, 4) is 17.2 Å². The van der Waals surface area contributed by atoms with E-state index >= 15 is 0 Å². The highest BCUT2D eigenvalue weighted by Crippen LogP contribution is 2.34. The molecule has 0 bridgehead atoms. The highest BCUT2D eigenvalue weighted by atomic mass is 127. The van der Waals surface area contributed by atoms with E-state index in [0.717, 1.165) is 20.3 Å². The highest BCUT2D eigenvalue weighted by molar-refractivity contribution is 14.1. The molecular formula is C23H25IN2O5. The normalized spacial score (nSPS) is 11.3. The molecule has 164 valence electrons. The number of halogens is 1. The van der Waals surface area contributed by atoms with Gasteiger partial charge in [0.25, 0.3) is 0 Å². The second-order valence-corrected chi connectivity index (χ2v) is 8.03. The summed E-state index contributed by atoms with van der Waals surface area (Å²) < 4.78 is 23.6. The lowest BCUT2D eigenvalue weighted by molar-refractivity contribution is 0.0929. The van der Waals surface area contributed by atoms with Crippen molar-refractivity contribution in [3.05, 3.63) is 51.3 Å². The predicted molar refractivity (Wildman–Crippen MR) is 129 cm³/mol. The number of nitrogens with one attached hydrogen (secondary N) is 1. The molecule has 1 heterocycles. The molecule has 0 aliphatic heterocycles. The van der Waals surface area contributed by atoms with Gasteiger partial charge in [0.15, 0.2) is 17.3 Å². The molecule has 3 aromatic rings. The minimum atomic E-state index is -0.440. The SMILES string of the molecule is CCOc1ccc2oc(C(=O)N/N=C/c3cc(I)c(OC(C)C)c(OCC)c3)cc2c1. The fraction of sp³-hybridized carbons (Fsp3) is 0.304. The summed E-state index contributed by atoms with van der Waals surface area (Å²) in [4.78, 5) is 12.4. The van der Waals surface area contributed by atoms with Gasteiger partial charge in [-0.15, -0.1) is 0 Å². The van der Waals surface area contributed by atoms with Crippen LogP contribution >= 0.6 is 22.6 Å². The molecule has 8 heteroatoms. The van der Waals surface area contributed by atoms with Gasteiger partial charge in [-0.05, 0) is 92.2 Å². The molecule has 0 saturated carbocycles. The average Bonchev–Trinajstić information content (AvgIpc) is 3.14. The van der Waals surface area contributed by atoms with E-state index in [1.165, 1.54) is 0 Å². The largest absolute Gasteiger partial charge is 0.494 e. The number of hydrazone groups is 1. The first-order chi connectivity index (χ1) is 14.9. The van der Waals surface area contributed by atoms with E-state index in [0.29, 0.717) is 30.3 Å². The third-order valence-electron chi connectivity index (χ3n) is 4.09. The molecule has 0 saturated heterocycles. The lowest BCUT2D eigenvalue weighted by Gasteiger charge is -2.16. The van der Waals surface area contributed by atoms with E-state index in [9.17, 15) is 4.79 Å². The summed E-state index contributed by atoms with van der Waals surface area (Å²) in [6.07, 6.45) is 1.58. The average molecular weight is 536 g/mol.